The van der Waals surface area contributed by atoms with Gasteiger partial charge < -0.3 is 5.73 Å². The van der Waals surface area contributed by atoms with Crippen LogP contribution in [0.2, 0.25) is 0 Å². The lowest BCUT2D eigenvalue weighted by Crippen LogP contribution is -2.32. The fourth-order valence-corrected chi connectivity index (χ4v) is 2.17. The van der Waals surface area contributed by atoms with E-state index in [1.807, 2.05) is 0 Å². The molecule has 0 saturated carbocycles. The molecule has 0 radical (unpaired) electrons. The number of aryl methyl sites for hydroxylation is 1. The predicted molar refractivity (Wildman–Crippen MR) is 76.1 cm³/mol. The minimum absolute atomic E-state index is 0.167. The van der Waals surface area contributed by atoms with E-state index in [2.05, 4.69) is 45.0 Å². The number of nitrogens with two attached hydrogens (primary N) is 1. The summed E-state index contributed by atoms with van der Waals surface area (Å²) in [6, 6.07) is 8.64. The largest absolute Gasteiger partial charge is 0.322 e. The van der Waals surface area contributed by atoms with E-state index in [1.165, 1.54) is 43.2 Å². The summed E-state index contributed by atoms with van der Waals surface area (Å²) in [5.74, 6) is 0. The van der Waals surface area contributed by atoms with Crippen molar-refractivity contribution in [2.24, 2.45) is 5.73 Å². The van der Waals surface area contributed by atoms with Gasteiger partial charge in [0, 0.05) is 5.54 Å². The van der Waals surface area contributed by atoms with E-state index >= 15 is 0 Å². The van der Waals surface area contributed by atoms with Crippen molar-refractivity contribution in [1.82, 2.24) is 0 Å². The Hall–Kier alpha value is -0.820. The molecule has 17 heavy (non-hydrogen) atoms. The number of rotatable bonds is 7. The van der Waals surface area contributed by atoms with Gasteiger partial charge >= 0.3 is 0 Å². The molecule has 2 N–H and O–H groups in total. The Balaban J connectivity index is 2.42. The Morgan fingerprint density at radius 1 is 1.00 bits per heavy atom. The molecule has 1 unspecified atom stereocenters. The molecule has 1 nitrogen and oxygen atoms in total. The summed E-state index contributed by atoms with van der Waals surface area (Å²) in [4.78, 5) is 0. The molecule has 0 bridgehead atoms. The summed E-state index contributed by atoms with van der Waals surface area (Å²) in [5.41, 5.74) is 8.80. The fraction of sp³-hybridized carbons (Fsp3) is 0.625. The first-order valence-electron chi connectivity index (χ1n) is 6.92. The van der Waals surface area contributed by atoms with Crippen LogP contribution in [0, 0.1) is 6.92 Å². The zero-order valence-electron chi connectivity index (χ0n) is 11.6. The average Bonchev–Trinajstić information content (AvgIpc) is 2.29. The lowest BCUT2D eigenvalue weighted by atomic mass is 9.87. The van der Waals surface area contributed by atoms with Gasteiger partial charge in [0.2, 0.25) is 0 Å². The minimum atomic E-state index is -0.167. The van der Waals surface area contributed by atoms with Gasteiger partial charge in [-0.15, -0.1) is 0 Å². The summed E-state index contributed by atoms with van der Waals surface area (Å²) >= 11 is 0. The van der Waals surface area contributed by atoms with Crippen molar-refractivity contribution >= 4 is 0 Å². The number of hydrogen-bond donors (Lipinski definition) is 1. The first-order valence-corrected chi connectivity index (χ1v) is 6.92. The first-order chi connectivity index (χ1) is 8.06. The molecule has 0 aliphatic heterocycles. The van der Waals surface area contributed by atoms with Crippen LogP contribution in [0.3, 0.4) is 0 Å². The van der Waals surface area contributed by atoms with Crippen molar-refractivity contribution in [3.8, 4) is 0 Å². The SMILES string of the molecule is CCCCCCCC(C)(N)c1ccc(C)cc1. The van der Waals surface area contributed by atoms with Crippen LogP contribution in [0.1, 0.15) is 63.5 Å². The maximum atomic E-state index is 6.40. The molecule has 1 rings (SSSR count). The van der Waals surface area contributed by atoms with E-state index in [4.69, 9.17) is 5.73 Å². The molecule has 96 valence electrons. The van der Waals surface area contributed by atoms with Gasteiger partial charge in [-0.2, -0.15) is 0 Å². The van der Waals surface area contributed by atoms with Gasteiger partial charge in [0.15, 0.2) is 0 Å². The van der Waals surface area contributed by atoms with Gasteiger partial charge in [-0.25, -0.2) is 0 Å². The average molecular weight is 233 g/mol. The van der Waals surface area contributed by atoms with Crippen molar-refractivity contribution in [2.45, 2.75) is 64.8 Å². The summed E-state index contributed by atoms with van der Waals surface area (Å²) in [6.07, 6.45) is 7.64. The second-order valence-electron chi connectivity index (χ2n) is 5.45. The summed E-state index contributed by atoms with van der Waals surface area (Å²) in [6.45, 7) is 6.51. The molecular formula is C16H27N. The van der Waals surface area contributed by atoms with Crippen molar-refractivity contribution < 1.29 is 0 Å². The second-order valence-corrected chi connectivity index (χ2v) is 5.45. The smallest absolute Gasteiger partial charge is 0.0381 e. The highest BCUT2D eigenvalue weighted by atomic mass is 14.7. The zero-order chi connectivity index (χ0) is 12.7. The molecule has 0 aliphatic carbocycles. The molecule has 0 heterocycles. The van der Waals surface area contributed by atoms with Gasteiger partial charge in [0.05, 0.1) is 0 Å². The Kier molecular flexibility index (Phi) is 5.70. The summed E-state index contributed by atoms with van der Waals surface area (Å²) in [5, 5.41) is 0. The molecule has 1 aromatic rings. The quantitative estimate of drug-likeness (QED) is 0.688. The standard InChI is InChI=1S/C16H27N/c1-4-5-6-7-8-13-16(3,17)15-11-9-14(2)10-12-15/h9-12H,4-8,13,17H2,1-3H3. The third kappa shape index (κ3) is 4.91. The van der Waals surface area contributed by atoms with Gasteiger partial charge in [-0.1, -0.05) is 68.9 Å². The molecule has 1 atom stereocenters. The number of unbranched alkanes of at least 4 members (excludes halogenated alkanes) is 4. The Morgan fingerprint density at radius 3 is 2.18 bits per heavy atom. The first kappa shape index (κ1) is 14.2. The normalized spacial score (nSPS) is 14.6. The fourth-order valence-electron chi connectivity index (χ4n) is 2.17. The van der Waals surface area contributed by atoms with Gasteiger partial charge in [-0.05, 0) is 25.8 Å². The highest BCUT2D eigenvalue weighted by Crippen LogP contribution is 2.24. The highest BCUT2D eigenvalue weighted by molar-refractivity contribution is 5.26. The van der Waals surface area contributed by atoms with Crippen LogP contribution in [-0.4, -0.2) is 0 Å². The van der Waals surface area contributed by atoms with E-state index in [0.29, 0.717) is 0 Å². The van der Waals surface area contributed by atoms with Crippen molar-refractivity contribution in [3.63, 3.8) is 0 Å². The monoisotopic (exact) mass is 233 g/mol. The van der Waals surface area contributed by atoms with E-state index in [0.717, 1.165) is 6.42 Å². The van der Waals surface area contributed by atoms with Gasteiger partial charge in [-0.3, -0.25) is 0 Å². The molecular weight excluding hydrogens is 206 g/mol. The van der Waals surface area contributed by atoms with Crippen molar-refractivity contribution in [2.75, 3.05) is 0 Å². The van der Waals surface area contributed by atoms with Crippen LogP contribution in [-0.2, 0) is 5.54 Å². The van der Waals surface area contributed by atoms with E-state index in [1.54, 1.807) is 0 Å². The molecule has 0 aliphatic rings. The molecule has 0 amide bonds. The zero-order valence-corrected chi connectivity index (χ0v) is 11.6. The molecule has 0 aromatic heterocycles. The molecule has 0 saturated heterocycles. The Bertz CT molecular complexity index is 311. The Morgan fingerprint density at radius 2 is 1.59 bits per heavy atom. The minimum Gasteiger partial charge on any atom is -0.322 e. The maximum absolute atomic E-state index is 6.40. The van der Waals surface area contributed by atoms with Crippen LogP contribution in [0.5, 0.6) is 0 Å². The number of hydrogen-bond acceptors (Lipinski definition) is 1. The van der Waals surface area contributed by atoms with Crippen molar-refractivity contribution in [3.05, 3.63) is 35.4 Å². The maximum Gasteiger partial charge on any atom is 0.0381 e. The van der Waals surface area contributed by atoms with Crippen LogP contribution in [0.25, 0.3) is 0 Å². The molecule has 0 fully saturated rings. The summed E-state index contributed by atoms with van der Waals surface area (Å²) in [7, 11) is 0. The lowest BCUT2D eigenvalue weighted by molar-refractivity contribution is 0.422. The highest BCUT2D eigenvalue weighted by Gasteiger charge is 2.19. The molecule has 1 heteroatoms. The van der Waals surface area contributed by atoms with E-state index < -0.39 is 0 Å². The third-order valence-corrected chi connectivity index (χ3v) is 3.51. The molecule has 0 spiro atoms. The van der Waals surface area contributed by atoms with Gasteiger partial charge in [0.25, 0.3) is 0 Å². The van der Waals surface area contributed by atoms with Crippen LogP contribution < -0.4 is 5.73 Å². The van der Waals surface area contributed by atoms with E-state index in [-0.39, 0.29) is 5.54 Å². The molecule has 1 aromatic carbocycles. The van der Waals surface area contributed by atoms with E-state index in [9.17, 15) is 0 Å². The van der Waals surface area contributed by atoms with Crippen molar-refractivity contribution in [1.29, 1.82) is 0 Å². The van der Waals surface area contributed by atoms with Crippen LogP contribution in [0.15, 0.2) is 24.3 Å². The topological polar surface area (TPSA) is 26.0 Å². The summed E-state index contributed by atoms with van der Waals surface area (Å²) < 4.78 is 0. The second kappa shape index (κ2) is 6.80. The Labute approximate surface area is 106 Å². The van der Waals surface area contributed by atoms with Crippen LogP contribution in [0.4, 0.5) is 0 Å². The lowest BCUT2D eigenvalue weighted by Gasteiger charge is -2.25. The predicted octanol–water partition coefficient (Wildman–Crippen LogP) is 4.53. The third-order valence-electron chi connectivity index (χ3n) is 3.51. The number of benzene rings is 1. The van der Waals surface area contributed by atoms with Gasteiger partial charge in [0.1, 0.15) is 0 Å². The van der Waals surface area contributed by atoms with Crippen LogP contribution >= 0.6 is 0 Å².